The zero-order valence-corrected chi connectivity index (χ0v) is 33.3. The van der Waals surface area contributed by atoms with E-state index in [-0.39, 0.29) is 17.6 Å². The van der Waals surface area contributed by atoms with Gasteiger partial charge >= 0.3 is 0 Å². The minimum Gasteiger partial charge on any atom is -0.456 e. The Kier molecular flexibility index (Phi) is 6.75. The molecule has 0 saturated carbocycles. The minimum absolute atomic E-state index is 0.113. The van der Waals surface area contributed by atoms with Crippen LogP contribution in [0.5, 0.6) is 0 Å². The lowest BCUT2D eigenvalue weighted by molar-refractivity contribution is 0.669. The molecule has 4 aromatic heterocycles. The third-order valence-electron chi connectivity index (χ3n) is 12.0. The molecule has 4 heterocycles. The van der Waals surface area contributed by atoms with Gasteiger partial charge in [-0.15, -0.1) is 0 Å². The molecule has 13 aromatic rings. The molecule has 0 unspecified atom stereocenters. The van der Waals surface area contributed by atoms with Crippen molar-refractivity contribution in [1.29, 1.82) is 0 Å². The van der Waals surface area contributed by atoms with Crippen LogP contribution in [0.1, 0.15) is 6.85 Å². The number of rotatable bonds is 6. The zero-order chi connectivity index (χ0) is 45.8. The summed E-state index contributed by atoms with van der Waals surface area (Å²) in [7, 11) is 0. The number of para-hydroxylation sites is 1. The first-order valence-corrected chi connectivity index (χ1v) is 20.7. The molecule has 0 radical (unpaired) electrons. The Bertz CT molecular complexity index is 4170. The fraction of sp³-hybridized carbons (Fsp3) is 0. The number of nitrogens with zero attached hydrogens (tertiary/aromatic N) is 4. The van der Waals surface area contributed by atoms with Crippen LogP contribution in [-0.4, -0.2) is 19.5 Å². The van der Waals surface area contributed by atoms with Gasteiger partial charge < -0.3 is 8.83 Å². The molecule has 0 saturated heterocycles. The second kappa shape index (κ2) is 14.0. The topological polar surface area (TPSA) is 69.9 Å². The quantitative estimate of drug-likeness (QED) is 0.167. The van der Waals surface area contributed by atoms with E-state index in [0.29, 0.717) is 50.7 Å². The van der Waals surface area contributed by atoms with E-state index in [1.165, 1.54) is 0 Å². The molecular weight excluding hydrogens is 773 g/mol. The summed E-state index contributed by atoms with van der Waals surface area (Å²) in [5.41, 5.74) is 10.9. The van der Waals surface area contributed by atoms with Gasteiger partial charge in [0.15, 0.2) is 11.6 Å². The summed E-state index contributed by atoms with van der Waals surface area (Å²) in [5.74, 6) is 1.32. The molecule has 0 bridgehead atoms. The van der Waals surface area contributed by atoms with E-state index in [0.717, 1.165) is 71.6 Å². The van der Waals surface area contributed by atoms with Crippen LogP contribution >= 0.6 is 0 Å². The fourth-order valence-corrected chi connectivity index (χ4v) is 8.99. The number of hydrogen-bond acceptors (Lipinski definition) is 5. The summed E-state index contributed by atoms with van der Waals surface area (Å²) in [6, 6.07) is 56.9. The Hall–Kier alpha value is -8.61. The number of hydrogen-bond donors (Lipinski definition) is 0. The van der Waals surface area contributed by atoms with Gasteiger partial charge in [0.1, 0.15) is 22.3 Å². The molecule has 0 fully saturated rings. The second-order valence-electron chi connectivity index (χ2n) is 15.6. The van der Waals surface area contributed by atoms with E-state index >= 15 is 0 Å². The number of furan rings is 2. The van der Waals surface area contributed by atoms with Crippen molar-refractivity contribution in [3.05, 3.63) is 206 Å². The van der Waals surface area contributed by atoms with E-state index in [4.69, 9.17) is 30.6 Å². The van der Waals surface area contributed by atoms with Crippen molar-refractivity contribution >= 4 is 65.7 Å². The largest absolute Gasteiger partial charge is 0.456 e. The van der Waals surface area contributed by atoms with Crippen LogP contribution in [0.4, 0.5) is 0 Å². The maximum atomic E-state index is 8.76. The zero-order valence-electron chi connectivity index (χ0n) is 38.3. The molecule has 13 rings (SSSR count). The molecule has 0 N–H and O–H groups in total. The molecule has 0 spiro atoms. The molecule has 0 aliphatic heterocycles. The van der Waals surface area contributed by atoms with Crippen molar-refractivity contribution < 1.29 is 15.7 Å². The molecule has 9 aromatic carbocycles. The highest BCUT2D eigenvalue weighted by Gasteiger charge is 2.21. The van der Waals surface area contributed by atoms with Crippen molar-refractivity contribution in [1.82, 2.24) is 19.5 Å². The lowest BCUT2D eigenvalue weighted by Gasteiger charge is -2.11. The Morgan fingerprint density at radius 2 is 1.00 bits per heavy atom. The third-order valence-corrected chi connectivity index (χ3v) is 12.0. The van der Waals surface area contributed by atoms with Crippen molar-refractivity contribution in [2.24, 2.45) is 0 Å². The Morgan fingerprint density at radius 1 is 0.365 bits per heavy atom. The minimum atomic E-state index is -0.442. The fourth-order valence-electron chi connectivity index (χ4n) is 8.99. The first-order chi connectivity index (χ1) is 33.3. The van der Waals surface area contributed by atoms with Crippen LogP contribution in [0.3, 0.4) is 0 Å². The van der Waals surface area contributed by atoms with Crippen LogP contribution in [0.15, 0.2) is 215 Å². The Labute approximate surface area is 368 Å². The van der Waals surface area contributed by atoms with Crippen molar-refractivity contribution in [2.45, 2.75) is 0 Å². The van der Waals surface area contributed by atoms with Crippen LogP contribution in [0, 0.1) is 0 Å². The van der Waals surface area contributed by atoms with Crippen molar-refractivity contribution in [3.63, 3.8) is 0 Å². The lowest BCUT2D eigenvalue weighted by atomic mass is 9.99. The molecule has 63 heavy (non-hydrogen) atoms. The van der Waals surface area contributed by atoms with Crippen LogP contribution in [0.25, 0.3) is 128 Å². The monoisotopic (exact) mass is 811 g/mol. The molecule has 0 aliphatic carbocycles. The van der Waals surface area contributed by atoms with Crippen LogP contribution < -0.4 is 0 Å². The van der Waals surface area contributed by atoms with Gasteiger partial charge in [0.2, 0.25) is 5.95 Å². The van der Waals surface area contributed by atoms with Gasteiger partial charge in [0.05, 0.1) is 17.9 Å². The lowest BCUT2D eigenvalue weighted by Crippen LogP contribution is -2.06. The predicted molar refractivity (Wildman–Crippen MR) is 256 cm³/mol. The van der Waals surface area contributed by atoms with Gasteiger partial charge in [0.25, 0.3) is 0 Å². The van der Waals surface area contributed by atoms with Gasteiger partial charge in [-0.25, -0.2) is 4.98 Å². The van der Waals surface area contributed by atoms with E-state index < -0.39 is 18.1 Å². The van der Waals surface area contributed by atoms with Crippen molar-refractivity contribution in [3.8, 4) is 62.1 Å². The van der Waals surface area contributed by atoms with Gasteiger partial charge in [-0.1, -0.05) is 158 Å². The highest BCUT2D eigenvalue weighted by molar-refractivity contribution is 6.17. The summed E-state index contributed by atoms with van der Waals surface area (Å²) < 4.78 is 57.6. The number of benzene rings is 9. The van der Waals surface area contributed by atoms with Gasteiger partial charge in [-0.05, 0) is 81.9 Å². The normalized spacial score (nSPS) is 12.9. The average Bonchev–Trinajstić information content (AvgIpc) is 4.06. The van der Waals surface area contributed by atoms with Gasteiger partial charge in [-0.2, -0.15) is 9.97 Å². The molecule has 0 atom stereocenters. The van der Waals surface area contributed by atoms with Crippen LogP contribution in [0.2, 0.25) is 0 Å². The summed E-state index contributed by atoms with van der Waals surface area (Å²) in [4.78, 5) is 15.7. The summed E-state index contributed by atoms with van der Waals surface area (Å²) in [5, 5.41) is 5.34. The number of fused-ring (bicyclic) bond motifs is 9. The van der Waals surface area contributed by atoms with Crippen LogP contribution in [-0.2, 0) is 0 Å². The first-order valence-electron chi connectivity index (χ1n) is 23.2. The highest BCUT2D eigenvalue weighted by Crippen LogP contribution is 2.41. The van der Waals surface area contributed by atoms with E-state index in [9.17, 15) is 0 Å². The van der Waals surface area contributed by atoms with Gasteiger partial charge in [0, 0.05) is 43.4 Å². The van der Waals surface area contributed by atoms with E-state index in [1.807, 2.05) is 91.0 Å². The Balaban J connectivity index is 1.03. The average molecular weight is 812 g/mol. The van der Waals surface area contributed by atoms with Gasteiger partial charge in [-0.3, -0.25) is 4.57 Å². The standard InChI is InChI=1S/C57H34N4O2/c1-4-13-35(14-5-1)37-23-25-39(26-24-37)55-58-56(41-27-29-44-52(32-41)63-51-22-12-20-42(54(44)51)38-17-8-3-9-18-38)60-57(59-55)61-48-21-11-10-19-43(48)45-34-53-47(33-49(45)61)46-31-40(28-30-50(46)62-53)36-15-6-2-7-16-36/h1-34H/i3D,8D,9D,17D,18D. The van der Waals surface area contributed by atoms with E-state index in [2.05, 4.69) is 77.4 Å². The molecule has 0 amide bonds. The summed E-state index contributed by atoms with van der Waals surface area (Å²) in [6.07, 6.45) is 0. The molecule has 6 nitrogen and oxygen atoms in total. The smallest absolute Gasteiger partial charge is 0.238 e. The maximum Gasteiger partial charge on any atom is 0.238 e. The van der Waals surface area contributed by atoms with Crippen molar-refractivity contribution in [2.75, 3.05) is 0 Å². The highest BCUT2D eigenvalue weighted by atomic mass is 16.3. The Morgan fingerprint density at radius 3 is 1.81 bits per heavy atom. The molecule has 6 heteroatoms. The third kappa shape index (κ3) is 5.76. The SMILES string of the molecule is [2H]c1c([2H])c([2H])c(-c2cccc3oc4cc(-c5nc(-c6ccc(-c7ccccc7)cc6)nc(-n6c7ccccc7c7cc8oc9ccc(-c%10ccccc%10)cc9c8cc76)n5)ccc4c23)c([2H])c1[2H]. The first kappa shape index (κ1) is 30.4. The second-order valence-corrected chi connectivity index (χ2v) is 15.6. The number of aromatic nitrogens is 4. The molecule has 294 valence electrons. The maximum absolute atomic E-state index is 8.76. The summed E-state index contributed by atoms with van der Waals surface area (Å²) >= 11 is 0. The summed E-state index contributed by atoms with van der Waals surface area (Å²) in [6.45, 7) is 0. The molecular formula is C57H34N4O2. The predicted octanol–water partition coefficient (Wildman–Crippen LogP) is 15.1. The molecule has 0 aliphatic rings. The van der Waals surface area contributed by atoms with E-state index in [1.54, 1.807) is 12.1 Å².